The van der Waals surface area contributed by atoms with Crippen LogP contribution in [0.3, 0.4) is 0 Å². The van der Waals surface area contributed by atoms with Gasteiger partial charge < -0.3 is 14.8 Å². The van der Waals surface area contributed by atoms with Crippen LogP contribution in [0.1, 0.15) is 30.5 Å². The monoisotopic (exact) mass is 441 g/mol. The lowest BCUT2D eigenvalue weighted by Gasteiger charge is -2.19. The van der Waals surface area contributed by atoms with Crippen molar-refractivity contribution in [2.75, 3.05) is 18.4 Å². The van der Waals surface area contributed by atoms with Crippen molar-refractivity contribution in [3.63, 3.8) is 0 Å². The van der Waals surface area contributed by atoms with Crippen LogP contribution in [0, 0.1) is 0 Å². The third kappa shape index (κ3) is 3.88. The highest BCUT2D eigenvalue weighted by Crippen LogP contribution is 2.39. The topological polar surface area (TPSA) is 54.3 Å². The number of likely N-dealkylation sites (N-methyl/N-ethyl adjacent to an activating group) is 1. The molecule has 3 aromatic rings. The van der Waals surface area contributed by atoms with Crippen molar-refractivity contribution in [3.8, 4) is 0 Å². The van der Waals surface area contributed by atoms with Gasteiger partial charge in [0.25, 0.3) is 5.91 Å². The molecule has 0 unspecified atom stereocenters. The van der Waals surface area contributed by atoms with Gasteiger partial charge in [-0.1, -0.05) is 24.3 Å². The lowest BCUT2D eigenvalue weighted by molar-refractivity contribution is -0.137. The van der Waals surface area contributed by atoms with Gasteiger partial charge in [0.15, 0.2) is 0 Å². The van der Waals surface area contributed by atoms with E-state index in [1.54, 1.807) is 17.2 Å². The molecule has 0 spiro atoms. The summed E-state index contributed by atoms with van der Waals surface area (Å²) in [5, 5.41) is 3.37. The second-order valence-electron chi connectivity index (χ2n) is 7.57. The van der Waals surface area contributed by atoms with E-state index in [-0.39, 0.29) is 23.7 Å². The molecule has 2 heterocycles. The van der Waals surface area contributed by atoms with Crippen LogP contribution in [0.4, 0.5) is 18.9 Å². The lowest BCUT2D eigenvalue weighted by atomic mass is 10.0. The minimum absolute atomic E-state index is 0.0152. The normalized spacial score (nSPS) is 14.7. The van der Waals surface area contributed by atoms with Crippen LogP contribution in [-0.4, -0.2) is 34.4 Å². The first kappa shape index (κ1) is 21.7. The summed E-state index contributed by atoms with van der Waals surface area (Å²) in [6.45, 7) is 5.23. The summed E-state index contributed by atoms with van der Waals surface area (Å²) in [5.41, 5.74) is 1.57. The molecular formula is C24H22F3N3O2. The molecule has 2 aromatic carbocycles. The van der Waals surface area contributed by atoms with E-state index in [0.717, 1.165) is 23.0 Å². The van der Waals surface area contributed by atoms with Crippen LogP contribution in [0.25, 0.3) is 22.6 Å². The van der Waals surface area contributed by atoms with Gasteiger partial charge in [0.2, 0.25) is 5.91 Å². The van der Waals surface area contributed by atoms with E-state index in [9.17, 15) is 22.8 Å². The molecule has 1 aliphatic heterocycles. The van der Waals surface area contributed by atoms with Crippen LogP contribution < -0.4 is 5.32 Å². The number of halogens is 3. The molecule has 0 saturated heterocycles. The van der Waals surface area contributed by atoms with E-state index in [1.807, 2.05) is 42.7 Å². The van der Waals surface area contributed by atoms with Crippen LogP contribution in [0.5, 0.6) is 0 Å². The Kier molecular flexibility index (Phi) is 5.54. The van der Waals surface area contributed by atoms with Crippen molar-refractivity contribution in [3.05, 3.63) is 65.4 Å². The number of nitrogens with one attached hydrogen (secondary N) is 1. The highest BCUT2D eigenvalue weighted by atomic mass is 19.4. The van der Waals surface area contributed by atoms with Gasteiger partial charge >= 0.3 is 6.18 Å². The predicted molar refractivity (Wildman–Crippen MR) is 118 cm³/mol. The summed E-state index contributed by atoms with van der Waals surface area (Å²) >= 11 is 0. The first-order valence-electron chi connectivity index (χ1n) is 10.3. The largest absolute Gasteiger partial charge is 0.416 e. The minimum Gasteiger partial charge on any atom is -0.342 e. The van der Waals surface area contributed by atoms with Crippen LogP contribution >= 0.6 is 0 Å². The molecule has 1 aromatic heterocycles. The van der Waals surface area contributed by atoms with Crippen molar-refractivity contribution in [1.82, 2.24) is 9.47 Å². The second kappa shape index (κ2) is 8.18. The van der Waals surface area contributed by atoms with Gasteiger partial charge in [0.1, 0.15) is 6.54 Å². The number of para-hydroxylation sites is 1. The van der Waals surface area contributed by atoms with Crippen LogP contribution in [0.15, 0.2) is 48.7 Å². The summed E-state index contributed by atoms with van der Waals surface area (Å²) in [6.07, 6.45) is -1.03. The van der Waals surface area contributed by atoms with Gasteiger partial charge in [-0.25, -0.2) is 0 Å². The van der Waals surface area contributed by atoms with Crippen molar-refractivity contribution in [2.45, 2.75) is 26.6 Å². The quantitative estimate of drug-likeness (QED) is 0.565. The first-order valence-corrected chi connectivity index (χ1v) is 10.3. The molecule has 4 rings (SSSR count). The van der Waals surface area contributed by atoms with E-state index in [0.29, 0.717) is 24.2 Å². The van der Waals surface area contributed by atoms with E-state index < -0.39 is 17.6 Å². The number of aromatic nitrogens is 1. The molecule has 0 saturated carbocycles. The molecule has 8 heteroatoms. The Labute approximate surface area is 183 Å². The van der Waals surface area contributed by atoms with Crippen molar-refractivity contribution < 1.29 is 22.8 Å². The van der Waals surface area contributed by atoms with Gasteiger partial charge in [-0.3, -0.25) is 9.59 Å². The first-order chi connectivity index (χ1) is 15.2. The zero-order chi connectivity index (χ0) is 23.0. The molecule has 0 radical (unpaired) electrons. The minimum atomic E-state index is -4.49. The molecule has 0 fully saturated rings. The standard InChI is InChI=1S/C24H22F3N3O2/c1-3-29(4-2)22(31)14-30-13-15(17-7-5-6-8-21(17)30)11-19-18-10-9-16(24(25,26)27)12-20(18)28-23(19)32/h5-13H,3-4,14H2,1-2H3,(H,28,32)/b19-11+. The SMILES string of the molecule is CCN(CC)C(=O)Cn1cc(/C=C2/C(=O)Nc3cc(C(F)(F)F)ccc32)c2ccccc21. The van der Waals surface area contributed by atoms with Crippen LogP contribution in [-0.2, 0) is 22.3 Å². The molecule has 0 bridgehead atoms. The highest BCUT2D eigenvalue weighted by molar-refractivity contribution is 6.35. The smallest absolute Gasteiger partial charge is 0.342 e. The summed E-state index contributed by atoms with van der Waals surface area (Å²) in [7, 11) is 0. The Balaban J connectivity index is 1.76. The zero-order valence-corrected chi connectivity index (χ0v) is 17.7. The number of alkyl halides is 3. The molecule has 5 nitrogen and oxygen atoms in total. The Morgan fingerprint density at radius 3 is 2.53 bits per heavy atom. The number of rotatable bonds is 5. The number of hydrogen-bond acceptors (Lipinski definition) is 2. The van der Waals surface area contributed by atoms with Crippen molar-refractivity contribution in [1.29, 1.82) is 0 Å². The Morgan fingerprint density at radius 1 is 1.12 bits per heavy atom. The van der Waals surface area contributed by atoms with E-state index in [4.69, 9.17) is 0 Å². The second-order valence-corrected chi connectivity index (χ2v) is 7.57. The number of fused-ring (bicyclic) bond motifs is 2. The summed E-state index contributed by atoms with van der Waals surface area (Å²) in [4.78, 5) is 26.9. The Bertz CT molecular complexity index is 1240. The van der Waals surface area contributed by atoms with Crippen molar-refractivity contribution >= 4 is 40.1 Å². The number of nitrogens with zero attached hydrogens (tertiary/aromatic N) is 2. The summed E-state index contributed by atoms with van der Waals surface area (Å²) in [6, 6.07) is 10.7. The number of amides is 2. The van der Waals surface area contributed by atoms with E-state index in [2.05, 4.69) is 5.32 Å². The van der Waals surface area contributed by atoms with Gasteiger partial charge in [0, 0.05) is 52.6 Å². The third-order valence-electron chi connectivity index (χ3n) is 5.67. The predicted octanol–water partition coefficient (Wildman–Crippen LogP) is 5.02. The maximum atomic E-state index is 13.0. The van der Waals surface area contributed by atoms with Crippen LogP contribution in [0.2, 0.25) is 0 Å². The number of benzene rings is 2. The Hall–Kier alpha value is -3.55. The fourth-order valence-electron chi connectivity index (χ4n) is 4.01. The summed E-state index contributed by atoms with van der Waals surface area (Å²) < 4.78 is 40.9. The molecule has 32 heavy (non-hydrogen) atoms. The fraction of sp³-hybridized carbons (Fsp3) is 0.250. The molecule has 1 N–H and O–H groups in total. The van der Waals surface area contributed by atoms with Crippen molar-refractivity contribution in [2.24, 2.45) is 0 Å². The number of anilines is 1. The van der Waals surface area contributed by atoms with Gasteiger partial charge in [-0.2, -0.15) is 13.2 Å². The Morgan fingerprint density at radius 2 is 1.84 bits per heavy atom. The van der Waals surface area contributed by atoms with Gasteiger partial charge in [0.05, 0.1) is 5.56 Å². The maximum Gasteiger partial charge on any atom is 0.416 e. The molecule has 0 atom stereocenters. The number of carbonyl (C=O) groups excluding carboxylic acids is 2. The summed E-state index contributed by atoms with van der Waals surface area (Å²) in [5.74, 6) is -0.478. The molecule has 2 amide bonds. The van der Waals surface area contributed by atoms with Gasteiger partial charge in [-0.15, -0.1) is 0 Å². The maximum absolute atomic E-state index is 13.0. The zero-order valence-electron chi connectivity index (χ0n) is 17.7. The number of carbonyl (C=O) groups is 2. The van der Waals surface area contributed by atoms with E-state index >= 15 is 0 Å². The number of hydrogen-bond donors (Lipinski definition) is 1. The fourth-order valence-corrected chi connectivity index (χ4v) is 4.01. The molecule has 0 aliphatic carbocycles. The average molecular weight is 441 g/mol. The van der Waals surface area contributed by atoms with E-state index in [1.165, 1.54) is 6.07 Å². The van der Waals surface area contributed by atoms with Gasteiger partial charge in [-0.05, 0) is 38.1 Å². The average Bonchev–Trinajstić information content (AvgIpc) is 3.25. The molecular weight excluding hydrogens is 419 g/mol. The lowest BCUT2D eigenvalue weighted by Crippen LogP contribution is -2.33. The molecule has 166 valence electrons. The highest BCUT2D eigenvalue weighted by Gasteiger charge is 2.33. The molecule has 1 aliphatic rings. The third-order valence-corrected chi connectivity index (χ3v) is 5.67.